The van der Waals surface area contributed by atoms with Gasteiger partial charge in [-0.2, -0.15) is 18.2 Å². The van der Waals surface area contributed by atoms with Crippen molar-refractivity contribution in [3.63, 3.8) is 0 Å². The van der Waals surface area contributed by atoms with Crippen molar-refractivity contribution < 1.29 is 31.4 Å². The van der Waals surface area contributed by atoms with Gasteiger partial charge in [0.2, 0.25) is 11.8 Å². The molecule has 10 nitrogen and oxygen atoms in total. The number of nitrogens with zero attached hydrogens (tertiary/aromatic N) is 7. The molecule has 0 aliphatic carbocycles. The Morgan fingerprint density at radius 2 is 2.03 bits per heavy atom. The van der Waals surface area contributed by atoms with Gasteiger partial charge < -0.3 is 14.8 Å². The van der Waals surface area contributed by atoms with E-state index in [1.807, 2.05) is 0 Å². The molecular formula is C22H21F5N8O2. The van der Waals surface area contributed by atoms with Gasteiger partial charge in [-0.15, -0.1) is 10.2 Å². The summed E-state index contributed by atoms with van der Waals surface area (Å²) in [5, 5.41) is 14.5. The number of anilines is 1. The summed E-state index contributed by atoms with van der Waals surface area (Å²) in [6, 6.07) is 5.26. The van der Waals surface area contributed by atoms with Crippen molar-refractivity contribution in [1.29, 1.82) is 0 Å². The predicted octanol–water partition coefficient (Wildman–Crippen LogP) is 2.84. The second-order valence-corrected chi connectivity index (χ2v) is 9.11. The van der Waals surface area contributed by atoms with Gasteiger partial charge >= 0.3 is 6.18 Å². The molecule has 196 valence electrons. The minimum Gasteiger partial charge on any atom is -0.479 e. The Morgan fingerprint density at radius 1 is 1.22 bits per heavy atom. The number of aromatic nitrogens is 6. The third kappa shape index (κ3) is 4.31. The van der Waals surface area contributed by atoms with Crippen molar-refractivity contribution >= 4 is 22.5 Å². The molecule has 0 unspecified atom stereocenters. The lowest BCUT2D eigenvalue weighted by molar-refractivity contribution is -0.142. The second-order valence-electron chi connectivity index (χ2n) is 9.11. The molecular weight excluding hydrogens is 503 g/mol. The van der Waals surface area contributed by atoms with Crippen molar-refractivity contribution in [3.8, 4) is 17.0 Å². The number of nitrogens with one attached hydrogen (secondary N) is 1. The highest BCUT2D eigenvalue weighted by atomic mass is 19.4. The lowest BCUT2D eigenvalue weighted by Crippen LogP contribution is -2.48. The van der Waals surface area contributed by atoms with Crippen molar-refractivity contribution in [2.24, 2.45) is 0 Å². The fraction of sp³-hybridized carbons (Fsp3) is 0.455. The summed E-state index contributed by atoms with van der Waals surface area (Å²) < 4.78 is 81.1. The van der Waals surface area contributed by atoms with Gasteiger partial charge in [0, 0.05) is 18.3 Å². The van der Waals surface area contributed by atoms with Crippen molar-refractivity contribution in [2.45, 2.75) is 30.7 Å². The summed E-state index contributed by atoms with van der Waals surface area (Å²) in [5.74, 6) is -2.91. The number of ether oxygens (including phenoxy) is 2. The summed E-state index contributed by atoms with van der Waals surface area (Å²) in [5.41, 5.74) is 2.08. The maximum atomic E-state index is 14.7. The summed E-state index contributed by atoms with van der Waals surface area (Å²) in [6.07, 6.45) is -2.86. The Kier molecular flexibility index (Phi) is 5.45. The molecule has 15 heteroatoms. The molecule has 3 aromatic heterocycles. The fourth-order valence-electron chi connectivity index (χ4n) is 4.68. The van der Waals surface area contributed by atoms with Crippen LogP contribution >= 0.6 is 0 Å². The zero-order chi connectivity index (χ0) is 25.9. The van der Waals surface area contributed by atoms with Crippen molar-refractivity contribution in [2.75, 3.05) is 38.7 Å². The van der Waals surface area contributed by atoms with Crippen LogP contribution in [0, 0.1) is 0 Å². The third-order valence-electron chi connectivity index (χ3n) is 6.61. The number of fused-ring (bicyclic) bond motifs is 2. The van der Waals surface area contributed by atoms with Crippen LogP contribution in [0.4, 0.5) is 27.9 Å². The molecule has 4 aromatic rings. The molecule has 1 atom stereocenters. The van der Waals surface area contributed by atoms with E-state index in [2.05, 4.69) is 25.7 Å². The minimum absolute atomic E-state index is 0.0254. The van der Waals surface area contributed by atoms with E-state index in [0.29, 0.717) is 35.4 Å². The van der Waals surface area contributed by atoms with Crippen molar-refractivity contribution in [1.82, 2.24) is 34.5 Å². The Morgan fingerprint density at radius 3 is 2.73 bits per heavy atom. The average molecular weight is 524 g/mol. The van der Waals surface area contributed by atoms with E-state index in [9.17, 15) is 22.0 Å². The van der Waals surface area contributed by atoms with Gasteiger partial charge in [-0.05, 0) is 23.8 Å². The molecule has 2 saturated heterocycles. The van der Waals surface area contributed by atoms with Gasteiger partial charge in [0.25, 0.3) is 5.92 Å². The number of hydrogen-bond donors (Lipinski definition) is 1. The molecule has 2 fully saturated rings. The van der Waals surface area contributed by atoms with E-state index < -0.39 is 24.7 Å². The van der Waals surface area contributed by atoms with Crippen LogP contribution in [0.15, 0.2) is 30.5 Å². The van der Waals surface area contributed by atoms with Gasteiger partial charge in [0.15, 0.2) is 0 Å². The van der Waals surface area contributed by atoms with E-state index >= 15 is 0 Å². The zero-order valence-corrected chi connectivity index (χ0v) is 19.4. The van der Waals surface area contributed by atoms with Crippen LogP contribution in [0.3, 0.4) is 0 Å². The first-order valence-corrected chi connectivity index (χ1v) is 11.4. The predicted molar refractivity (Wildman–Crippen MR) is 121 cm³/mol. The average Bonchev–Trinajstić information content (AvgIpc) is 3.46. The maximum absolute atomic E-state index is 14.7. The Hall–Kier alpha value is -3.59. The van der Waals surface area contributed by atoms with Gasteiger partial charge in [-0.3, -0.25) is 4.90 Å². The summed E-state index contributed by atoms with van der Waals surface area (Å²) in [7, 11) is 1.39. The van der Waals surface area contributed by atoms with E-state index in [-0.39, 0.29) is 36.5 Å². The first kappa shape index (κ1) is 23.8. The lowest BCUT2D eigenvalue weighted by Gasteiger charge is -2.34. The highest BCUT2D eigenvalue weighted by molar-refractivity contribution is 5.89. The van der Waals surface area contributed by atoms with Gasteiger partial charge in [-0.25, -0.2) is 18.0 Å². The molecule has 37 heavy (non-hydrogen) atoms. The van der Waals surface area contributed by atoms with Crippen LogP contribution in [0.1, 0.15) is 0 Å². The number of benzene rings is 1. The number of halogens is 5. The molecule has 1 N–H and O–H groups in total. The third-order valence-corrected chi connectivity index (χ3v) is 6.61. The lowest BCUT2D eigenvalue weighted by atomic mass is 10.1. The zero-order valence-electron chi connectivity index (χ0n) is 19.4. The summed E-state index contributed by atoms with van der Waals surface area (Å²) >= 11 is 0. The summed E-state index contributed by atoms with van der Waals surface area (Å²) in [6.45, 7) is -0.675. The number of methoxy groups -OCH3 is 1. The molecule has 5 heterocycles. The van der Waals surface area contributed by atoms with E-state index in [4.69, 9.17) is 9.47 Å². The Labute approximate surface area is 205 Å². The maximum Gasteiger partial charge on any atom is 0.408 e. The first-order valence-electron chi connectivity index (χ1n) is 11.4. The highest BCUT2D eigenvalue weighted by Crippen LogP contribution is 2.35. The number of hydrogen-bond acceptors (Lipinski definition) is 8. The smallest absolute Gasteiger partial charge is 0.408 e. The van der Waals surface area contributed by atoms with Crippen LogP contribution in [0.2, 0.25) is 0 Å². The van der Waals surface area contributed by atoms with Crippen LogP contribution in [-0.4, -0.2) is 92.1 Å². The summed E-state index contributed by atoms with van der Waals surface area (Å²) in [4.78, 5) is 6.00. The quantitative estimate of drug-likeness (QED) is 0.385. The molecule has 0 radical (unpaired) electrons. The number of likely N-dealkylation sites (tertiary alicyclic amines) is 1. The van der Waals surface area contributed by atoms with Crippen molar-refractivity contribution in [3.05, 3.63) is 30.5 Å². The van der Waals surface area contributed by atoms with E-state index in [0.717, 1.165) is 4.68 Å². The normalized spacial score (nSPS) is 20.5. The molecule has 2 aliphatic rings. The first-order chi connectivity index (χ1) is 17.6. The Bertz CT molecular complexity index is 1460. The number of alkyl halides is 5. The second kappa shape index (κ2) is 8.48. The SMILES string of the molecule is COc1nc(N[C@@H]2CN(C3COC3)CC2(F)F)nn2ccc(-c3ccc4nnn(CC(F)(F)F)c4c3)c12. The molecule has 0 saturated carbocycles. The molecule has 6 rings (SSSR count). The van der Waals surface area contributed by atoms with E-state index in [1.165, 1.54) is 11.6 Å². The van der Waals surface area contributed by atoms with E-state index in [1.54, 1.807) is 35.4 Å². The van der Waals surface area contributed by atoms with Gasteiger partial charge in [0.05, 0.1) is 38.4 Å². The monoisotopic (exact) mass is 524 g/mol. The largest absolute Gasteiger partial charge is 0.479 e. The van der Waals surface area contributed by atoms with Gasteiger partial charge in [0.1, 0.15) is 23.6 Å². The van der Waals surface area contributed by atoms with Gasteiger partial charge in [-0.1, -0.05) is 11.3 Å². The number of rotatable bonds is 6. The van der Waals surface area contributed by atoms with Crippen LogP contribution in [0.5, 0.6) is 5.88 Å². The molecule has 1 aromatic carbocycles. The Balaban J connectivity index is 1.33. The molecule has 0 amide bonds. The van der Waals surface area contributed by atoms with Crippen LogP contribution in [0.25, 0.3) is 27.7 Å². The molecule has 2 aliphatic heterocycles. The topological polar surface area (TPSA) is 94.6 Å². The van der Waals surface area contributed by atoms with Crippen LogP contribution < -0.4 is 10.1 Å². The molecule has 0 spiro atoms. The molecule has 0 bridgehead atoms. The van der Waals surface area contributed by atoms with Crippen LogP contribution in [-0.2, 0) is 11.3 Å². The fourth-order valence-corrected chi connectivity index (χ4v) is 4.68. The highest BCUT2D eigenvalue weighted by Gasteiger charge is 2.51. The standard InChI is InChI=1S/C22H21F5N8O2/c1-36-19-18-14(12-2-3-15-16(6-12)35(32-30-15)11-22(25,26)27)4-5-34(18)31-20(29-19)28-17-7-33(10-21(17,23)24)13-8-37-9-13/h2-6,13,17H,7-11H2,1H3,(H,28,31)/t17-/m1/s1. The minimum atomic E-state index is -4.46.